The molecule has 0 saturated heterocycles. The van der Waals surface area contributed by atoms with Crippen molar-refractivity contribution in [3.63, 3.8) is 0 Å². The summed E-state index contributed by atoms with van der Waals surface area (Å²) in [6.07, 6.45) is 0.458. The number of thioether (sulfide) groups is 1. The van der Waals surface area contributed by atoms with Crippen LogP contribution >= 0.6 is 11.8 Å². The van der Waals surface area contributed by atoms with Gasteiger partial charge in [0.15, 0.2) is 5.17 Å². The van der Waals surface area contributed by atoms with Crippen LogP contribution in [-0.2, 0) is 16.0 Å². The number of para-hydroxylation sites is 1. The number of nitrogens with zero attached hydrogens (tertiary/aromatic N) is 2. The van der Waals surface area contributed by atoms with E-state index in [1.165, 1.54) is 16.7 Å². The maximum atomic E-state index is 12.8. The van der Waals surface area contributed by atoms with Crippen molar-refractivity contribution < 1.29 is 19.5 Å². The molecular weight excluding hydrogens is 366 g/mol. The van der Waals surface area contributed by atoms with Gasteiger partial charge >= 0.3 is 5.97 Å². The molecular formula is C19H17N3O4S. The van der Waals surface area contributed by atoms with Crippen LogP contribution in [0.4, 0.5) is 5.69 Å². The molecule has 27 heavy (non-hydrogen) atoms. The zero-order valence-corrected chi connectivity index (χ0v) is 15.1. The summed E-state index contributed by atoms with van der Waals surface area (Å²) in [5.41, 5.74) is 7.30. The number of carbonyl (C=O) groups excluding carboxylic acids is 2. The Morgan fingerprint density at radius 3 is 2.33 bits per heavy atom. The van der Waals surface area contributed by atoms with Crippen molar-refractivity contribution >= 4 is 40.4 Å². The lowest BCUT2D eigenvalue weighted by molar-refractivity contribution is -0.135. The second-order valence-corrected chi connectivity index (χ2v) is 7.14. The van der Waals surface area contributed by atoms with E-state index in [0.29, 0.717) is 17.7 Å². The van der Waals surface area contributed by atoms with Crippen molar-refractivity contribution in [2.24, 2.45) is 10.7 Å². The first-order chi connectivity index (χ1) is 12.9. The lowest BCUT2D eigenvalue weighted by Gasteiger charge is -2.21. The molecule has 0 aliphatic carbocycles. The molecule has 8 heteroatoms. The number of anilines is 1. The molecule has 3 N–H and O–H groups in total. The molecule has 2 amide bonds. The predicted octanol–water partition coefficient (Wildman–Crippen LogP) is 1.92. The molecule has 0 saturated carbocycles. The van der Waals surface area contributed by atoms with Crippen LogP contribution in [0.3, 0.4) is 0 Å². The number of amides is 2. The molecule has 3 rings (SSSR count). The van der Waals surface area contributed by atoms with Crippen LogP contribution in [0.15, 0.2) is 59.6 Å². The first kappa shape index (κ1) is 18.7. The van der Waals surface area contributed by atoms with Crippen LogP contribution in [0, 0.1) is 0 Å². The van der Waals surface area contributed by atoms with E-state index in [-0.39, 0.29) is 16.3 Å². The lowest BCUT2D eigenvalue weighted by Crippen LogP contribution is -2.35. The van der Waals surface area contributed by atoms with E-state index in [1.807, 2.05) is 0 Å². The smallest absolute Gasteiger partial charge is 0.323 e. The van der Waals surface area contributed by atoms with Gasteiger partial charge in [0.05, 0.1) is 5.25 Å². The number of aliphatic carboxylic acids is 1. The Morgan fingerprint density at radius 1 is 1.11 bits per heavy atom. The van der Waals surface area contributed by atoms with Crippen molar-refractivity contribution in [3.8, 4) is 0 Å². The second-order valence-electron chi connectivity index (χ2n) is 5.92. The van der Waals surface area contributed by atoms with Crippen LogP contribution < -0.4 is 10.6 Å². The van der Waals surface area contributed by atoms with Crippen LogP contribution in [0.1, 0.15) is 15.9 Å². The topological polar surface area (TPSA) is 113 Å². The molecule has 2 aromatic carbocycles. The van der Waals surface area contributed by atoms with E-state index in [1.54, 1.807) is 54.6 Å². The standard InChI is InChI=1S/C19H17N3O4S/c20-19-21-17(25)15(27-19)10-12-6-8-13(9-7-12)18(26)22(11-16(23)24)14-4-2-1-3-5-14/h1-9,15H,10-11H2,(H,23,24)(H2,20,21,25). The third-order valence-electron chi connectivity index (χ3n) is 3.99. The summed E-state index contributed by atoms with van der Waals surface area (Å²) in [4.78, 5) is 40.6. The highest BCUT2D eigenvalue weighted by Crippen LogP contribution is 2.24. The minimum atomic E-state index is -1.10. The average Bonchev–Trinajstić information content (AvgIpc) is 2.97. The van der Waals surface area contributed by atoms with Gasteiger partial charge in [-0.1, -0.05) is 42.1 Å². The van der Waals surface area contributed by atoms with Gasteiger partial charge in [0.2, 0.25) is 0 Å². The fraction of sp³-hybridized carbons (Fsp3) is 0.158. The van der Waals surface area contributed by atoms with Crippen molar-refractivity contribution in [2.75, 3.05) is 11.4 Å². The number of hydrogen-bond acceptors (Lipinski definition) is 5. The molecule has 0 fully saturated rings. The van der Waals surface area contributed by atoms with E-state index in [4.69, 9.17) is 10.8 Å². The normalized spacial score (nSPS) is 16.1. The van der Waals surface area contributed by atoms with E-state index in [0.717, 1.165) is 5.56 Å². The Kier molecular flexibility index (Phi) is 5.56. The zero-order valence-electron chi connectivity index (χ0n) is 14.2. The summed E-state index contributed by atoms with van der Waals surface area (Å²) in [7, 11) is 0. The summed E-state index contributed by atoms with van der Waals surface area (Å²) in [5.74, 6) is -1.76. The fourth-order valence-electron chi connectivity index (χ4n) is 2.71. The van der Waals surface area contributed by atoms with Crippen LogP contribution in [0.25, 0.3) is 0 Å². The largest absolute Gasteiger partial charge is 0.480 e. The Labute approximate surface area is 159 Å². The number of carboxylic acid groups (broad SMARTS) is 1. The van der Waals surface area contributed by atoms with Gasteiger partial charge in [0.25, 0.3) is 11.8 Å². The summed E-state index contributed by atoms with van der Waals surface area (Å²) >= 11 is 1.23. The van der Waals surface area contributed by atoms with E-state index >= 15 is 0 Å². The Hall–Kier alpha value is -3.13. The number of nitrogens with two attached hydrogens (primary N) is 1. The second kappa shape index (κ2) is 8.05. The predicted molar refractivity (Wildman–Crippen MR) is 104 cm³/mol. The molecule has 1 unspecified atom stereocenters. The van der Waals surface area contributed by atoms with E-state index < -0.39 is 18.4 Å². The molecule has 0 radical (unpaired) electrons. The number of rotatable bonds is 6. The number of hydrogen-bond donors (Lipinski definition) is 2. The van der Waals surface area contributed by atoms with Crippen molar-refractivity contribution in [3.05, 3.63) is 65.7 Å². The van der Waals surface area contributed by atoms with Gasteiger partial charge in [-0.15, -0.1) is 0 Å². The van der Waals surface area contributed by atoms with Crippen LogP contribution in [-0.4, -0.2) is 39.9 Å². The molecule has 1 atom stereocenters. The van der Waals surface area contributed by atoms with Crippen LogP contribution in [0.5, 0.6) is 0 Å². The molecule has 2 aromatic rings. The first-order valence-electron chi connectivity index (χ1n) is 8.16. The molecule has 0 bridgehead atoms. The Balaban J connectivity index is 1.75. The van der Waals surface area contributed by atoms with Gasteiger partial charge in [-0.2, -0.15) is 4.99 Å². The molecule has 7 nitrogen and oxygen atoms in total. The molecule has 0 aromatic heterocycles. The van der Waals surface area contributed by atoms with Gasteiger partial charge < -0.3 is 10.8 Å². The maximum Gasteiger partial charge on any atom is 0.323 e. The Morgan fingerprint density at radius 2 is 1.78 bits per heavy atom. The van der Waals surface area contributed by atoms with Crippen molar-refractivity contribution in [1.29, 1.82) is 0 Å². The molecule has 1 aliphatic rings. The maximum absolute atomic E-state index is 12.8. The lowest BCUT2D eigenvalue weighted by atomic mass is 10.1. The number of carboxylic acids is 1. The quantitative estimate of drug-likeness (QED) is 0.788. The third-order valence-corrected chi connectivity index (χ3v) is 4.97. The monoisotopic (exact) mass is 383 g/mol. The van der Waals surface area contributed by atoms with Gasteiger partial charge in [-0.3, -0.25) is 19.3 Å². The number of benzene rings is 2. The number of amidine groups is 1. The van der Waals surface area contributed by atoms with E-state index in [9.17, 15) is 14.4 Å². The molecule has 1 aliphatic heterocycles. The highest BCUT2D eigenvalue weighted by molar-refractivity contribution is 8.15. The molecule has 0 spiro atoms. The zero-order chi connectivity index (χ0) is 19.4. The third kappa shape index (κ3) is 4.53. The first-order valence-corrected chi connectivity index (χ1v) is 9.04. The minimum Gasteiger partial charge on any atom is -0.480 e. The van der Waals surface area contributed by atoms with Gasteiger partial charge in [0.1, 0.15) is 6.54 Å². The van der Waals surface area contributed by atoms with E-state index in [2.05, 4.69) is 4.99 Å². The SMILES string of the molecule is NC1=NC(=O)C(Cc2ccc(C(=O)N(CC(=O)O)c3ccccc3)cc2)S1. The Bertz CT molecular complexity index is 897. The summed E-state index contributed by atoms with van der Waals surface area (Å²) < 4.78 is 0. The van der Waals surface area contributed by atoms with Crippen LogP contribution in [0.2, 0.25) is 0 Å². The molecule has 1 heterocycles. The minimum absolute atomic E-state index is 0.255. The van der Waals surface area contributed by atoms with Gasteiger partial charge in [-0.25, -0.2) is 0 Å². The van der Waals surface area contributed by atoms with Crippen molar-refractivity contribution in [1.82, 2.24) is 0 Å². The highest BCUT2D eigenvalue weighted by atomic mass is 32.2. The summed E-state index contributed by atoms with van der Waals surface area (Å²) in [5, 5.41) is 9.06. The summed E-state index contributed by atoms with van der Waals surface area (Å²) in [6, 6.07) is 15.4. The average molecular weight is 383 g/mol. The summed E-state index contributed by atoms with van der Waals surface area (Å²) in [6.45, 7) is -0.436. The van der Waals surface area contributed by atoms with Gasteiger partial charge in [0, 0.05) is 11.3 Å². The van der Waals surface area contributed by atoms with Crippen molar-refractivity contribution in [2.45, 2.75) is 11.7 Å². The highest BCUT2D eigenvalue weighted by Gasteiger charge is 2.27. The number of aliphatic imine (C=N–C) groups is 1. The fourth-order valence-corrected chi connectivity index (χ4v) is 3.57. The molecule has 138 valence electrons. The van der Waals surface area contributed by atoms with Gasteiger partial charge in [-0.05, 0) is 36.2 Å². The number of carbonyl (C=O) groups is 3.